The summed E-state index contributed by atoms with van der Waals surface area (Å²) in [5.41, 5.74) is -0.184. The maximum Gasteiger partial charge on any atom is 0.416 e. The molecule has 0 radical (unpaired) electrons. The van der Waals surface area contributed by atoms with Gasteiger partial charge in [0.1, 0.15) is 11.6 Å². The second-order valence-corrected chi connectivity index (χ2v) is 4.18. The van der Waals surface area contributed by atoms with Gasteiger partial charge in [-0.25, -0.2) is 4.98 Å². The van der Waals surface area contributed by atoms with Gasteiger partial charge in [0, 0.05) is 19.8 Å². The minimum absolute atomic E-state index is 0.115. The summed E-state index contributed by atoms with van der Waals surface area (Å²) in [6, 6.07) is 1.95. The van der Waals surface area contributed by atoms with Gasteiger partial charge in [0.2, 0.25) is 0 Å². The van der Waals surface area contributed by atoms with Crippen molar-refractivity contribution in [2.75, 3.05) is 17.2 Å². The Balaban J connectivity index is 2.33. The minimum atomic E-state index is -4.42. The summed E-state index contributed by atoms with van der Waals surface area (Å²) in [4.78, 5) is 4.08. The Morgan fingerprint density at radius 2 is 1.95 bits per heavy atom. The molecule has 0 aliphatic carbocycles. The van der Waals surface area contributed by atoms with E-state index < -0.39 is 11.7 Å². The lowest BCUT2D eigenvalue weighted by Gasteiger charge is -2.12. The zero-order valence-electron chi connectivity index (χ0n) is 11.0. The number of anilines is 3. The molecule has 2 aromatic heterocycles. The van der Waals surface area contributed by atoms with Crippen molar-refractivity contribution in [2.45, 2.75) is 13.1 Å². The molecule has 5 nitrogen and oxygen atoms in total. The quantitative estimate of drug-likeness (QED) is 0.906. The van der Waals surface area contributed by atoms with Crippen LogP contribution in [0.25, 0.3) is 0 Å². The molecule has 0 saturated carbocycles. The van der Waals surface area contributed by atoms with Crippen LogP contribution in [0.15, 0.2) is 24.5 Å². The molecule has 0 aromatic carbocycles. The van der Waals surface area contributed by atoms with Gasteiger partial charge in [-0.2, -0.15) is 18.3 Å². The van der Waals surface area contributed by atoms with E-state index >= 15 is 0 Å². The third-order valence-corrected chi connectivity index (χ3v) is 2.49. The number of hydrogen-bond acceptors (Lipinski definition) is 4. The van der Waals surface area contributed by atoms with Crippen LogP contribution in [0, 0.1) is 0 Å². The Morgan fingerprint density at radius 3 is 2.50 bits per heavy atom. The number of aryl methyl sites for hydroxylation is 1. The molecule has 0 amide bonds. The summed E-state index contributed by atoms with van der Waals surface area (Å²) in [7, 11) is 1.72. The fourth-order valence-corrected chi connectivity index (χ4v) is 1.66. The van der Waals surface area contributed by atoms with Gasteiger partial charge in [0.05, 0.1) is 17.4 Å². The summed E-state index contributed by atoms with van der Waals surface area (Å²) in [5, 5.41) is 9.51. The standard InChI is InChI=1S/C12H14F3N5/c1-3-16-10-4-8(12(13,14)15)5-11(19-10)18-9-6-17-20(2)7-9/h4-7H,3H2,1-2H3,(H2,16,18,19). The van der Waals surface area contributed by atoms with Crippen molar-refractivity contribution in [1.82, 2.24) is 14.8 Å². The van der Waals surface area contributed by atoms with Crippen molar-refractivity contribution in [3.63, 3.8) is 0 Å². The lowest BCUT2D eigenvalue weighted by Crippen LogP contribution is -2.09. The molecule has 20 heavy (non-hydrogen) atoms. The van der Waals surface area contributed by atoms with Crippen molar-refractivity contribution in [3.05, 3.63) is 30.1 Å². The molecule has 0 atom stereocenters. The Hall–Kier alpha value is -2.25. The molecule has 2 N–H and O–H groups in total. The van der Waals surface area contributed by atoms with Crippen LogP contribution >= 0.6 is 0 Å². The lowest BCUT2D eigenvalue weighted by atomic mass is 10.2. The molecule has 0 bridgehead atoms. The van der Waals surface area contributed by atoms with E-state index in [0.29, 0.717) is 12.2 Å². The molecule has 0 fully saturated rings. The Kier molecular flexibility index (Phi) is 3.82. The predicted octanol–water partition coefficient (Wildman–Crippen LogP) is 3.01. The first-order valence-electron chi connectivity index (χ1n) is 5.97. The molecule has 0 aliphatic rings. The molecular weight excluding hydrogens is 271 g/mol. The van der Waals surface area contributed by atoms with Crippen molar-refractivity contribution in [2.24, 2.45) is 7.05 Å². The largest absolute Gasteiger partial charge is 0.416 e. The van der Waals surface area contributed by atoms with Gasteiger partial charge in [0.25, 0.3) is 0 Å². The number of nitrogens with one attached hydrogen (secondary N) is 2. The van der Waals surface area contributed by atoms with Crippen molar-refractivity contribution in [1.29, 1.82) is 0 Å². The highest BCUT2D eigenvalue weighted by Gasteiger charge is 2.31. The molecule has 0 saturated heterocycles. The van der Waals surface area contributed by atoms with Crippen molar-refractivity contribution in [3.8, 4) is 0 Å². The summed E-state index contributed by atoms with van der Waals surface area (Å²) in [6.07, 6.45) is -1.26. The van der Waals surface area contributed by atoms with E-state index in [1.807, 2.05) is 0 Å². The molecule has 2 aromatic rings. The molecule has 0 aliphatic heterocycles. The van der Waals surface area contributed by atoms with Crippen LogP contribution in [0.2, 0.25) is 0 Å². The van der Waals surface area contributed by atoms with Gasteiger partial charge in [-0.1, -0.05) is 0 Å². The fraction of sp³-hybridized carbons (Fsp3) is 0.333. The molecule has 2 heterocycles. The number of rotatable bonds is 4. The highest BCUT2D eigenvalue weighted by atomic mass is 19.4. The summed E-state index contributed by atoms with van der Waals surface area (Å²) in [6.45, 7) is 2.27. The van der Waals surface area contributed by atoms with E-state index in [4.69, 9.17) is 0 Å². The third-order valence-electron chi connectivity index (χ3n) is 2.49. The molecular formula is C12H14F3N5. The normalized spacial score (nSPS) is 11.4. The number of aromatic nitrogens is 3. The van der Waals surface area contributed by atoms with Crippen LogP contribution in [-0.2, 0) is 13.2 Å². The van der Waals surface area contributed by atoms with Gasteiger partial charge < -0.3 is 10.6 Å². The molecule has 108 valence electrons. The number of halogens is 3. The number of pyridine rings is 1. The smallest absolute Gasteiger partial charge is 0.370 e. The first-order valence-corrected chi connectivity index (χ1v) is 5.97. The van der Waals surface area contributed by atoms with Crippen LogP contribution in [0.5, 0.6) is 0 Å². The average Bonchev–Trinajstić information content (AvgIpc) is 2.74. The Bertz CT molecular complexity index is 591. The van der Waals surface area contributed by atoms with Gasteiger partial charge in [-0.05, 0) is 19.1 Å². The first kappa shape index (κ1) is 14.2. The summed E-state index contributed by atoms with van der Waals surface area (Å²) >= 11 is 0. The van der Waals surface area contributed by atoms with E-state index in [9.17, 15) is 13.2 Å². The maximum absolute atomic E-state index is 12.8. The summed E-state index contributed by atoms with van der Waals surface area (Å²) < 4.78 is 40.0. The topological polar surface area (TPSA) is 54.8 Å². The Morgan fingerprint density at radius 1 is 1.25 bits per heavy atom. The van der Waals surface area contributed by atoms with Gasteiger partial charge in [-0.15, -0.1) is 0 Å². The van der Waals surface area contributed by atoms with Crippen LogP contribution in [0.4, 0.5) is 30.5 Å². The SMILES string of the molecule is CCNc1cc(C(F)(F)F)cc(Nc2cnn(C)c2)n1. The van der Waals surface area contributed by atoms with Crippen LogP contribution < -0.4 is 10.6 Å². The van der Waals surface area contributed by atoms with Crippen LogP contribution in [0.3, 0.4) is 0 Å². The van der Waals surface area contributed by atoms with Crippen LogP contribution in [-0.4, -0.2) is 21.3 Å². The molecule has 8 heteroatoms. The first-order chi connectivity index (χ1) is 9.38. The van der Waals surface area contributed by atoms with Gasteiger partial charge >= 0.3 is 6.18 Å². The zero-order chi connectivity index (χ0) is 14.8. The van der Waals surface area contributed by atoms with Crippen molar-refractivity contribution >= 4 is 17.3 Å². The summed E-state index contributed by atoms with van der Waals surface area (Å²) in [5.74, 6) is 0.289. The highest BCUT2D eigenvalue weighted by Crippen LogP contribution is 2.32. The van der Waals surface area contributed by atoms with Gasteiger partial charge in [0.15, 0.2) is 0 Å². The highest BCUT2D eigenvalue weighted by molar-refractivity contribution is 5.58. The van der Waals surface area contributed by atoms with E-state index in [0.717, 1.165) is 12.1 Å². The maximum atomic E-state index is 12.8. The number of alkyl halides is 3. The number of nitrogens with zero attached hydrogens (tertiary/aromatic N) is 3. The predicted molar refractivity (Wildman–Crippen MR) is 69.9 cm³/mol. The second kappa shape index (κ2) is 5.40. The van der Waals surface area contributed by atoms with Crippen LogP contribution in [0.1, 0.15) is 12.5 Å². The second-order valence-electron chi connectivity index (χ2n) is 4.18. The van der Waals surface area contributed by atoms with E-state index in [-0.39, 0.29) is 11.6 Å². The van der Waals surface area contributed by atoms with E-state index in [1.165, 1.54) is 6.20 Å². The fourth-order valence-electron chi connectivity index (χ4n) is 1.66. The lowest BCUT2D eigenvalue weighted by molar-refractivity contribution is -0.137. The van der Waals surface area contributed by atoms with E-state index in [1.54, 1.807) is 24.9 Å². The van der Waals surface area contributed by atoms with E-state index in [2.05, 4.69) is 20.7 Å². The zero-order valence-corrected chi connectivity index (χ0v) is 11.0. The molecule has 2 rings (SSSR count). The Labute approximate surface area is 113 Å². The minimum Gasteiger partial charge on any atom is -0.370 e. The molecule has 0 spiro atoms. The molecule has 0 unspecified atom stereocenters. The monoisotopic (exact) mass is 285 g/mol. The van der Waals surface area contributed by atoms with Crippen molar-refractivity contribution < 1.29 is 13.2 Å². The average molecular weight is 285 g/mol. The third kappa shape index (κ3) is 3.40. The number of hydrogen-bond donors (Lipinski definition) is 2. The van der Waals surface area contributed by atoms with Gasteiger partial charge in [-0.3, -0.25) is 4.68 Å².